The molecule has 2 aromatic carbocycles. The summed E-state index contributed by atoms with van der Waals surface area (Å²) in [7, 11) is 0. The lowest BCUT2D eigenvalue weighted by atomic mass is 9.91. The molecule has 7 heteroatoms. The predicted octanol–water partition coefficient (Wildman–Crippen LogP) is 3.88. The van der Waals surface area contributed by atoms with Crippen molar-refractivity contribution in [3.05, 3.63) is 59.7 Å². The Morgan fingerprint density at radius 1 is 1.20 bits per heavy atom. The first-order chi connectivity index (χ1) is 14.6. The average molecular weight is 407 g/mol. The fraction of sp³-hybridized carbons (Fsp3) is 0.391. The number of fused-ring (bicyclic) bond motifs is 4. The van der Waals surface area contributed by atoms with Gasteiger partial charge in [-0.2, -0.15) is 5.10 Å². The van der Waals surface area contributed by atoms with Gasteiger partial charge in [0.25, 0.3) is 0 Å². The molecule has 1 fully saturated rings. The number of nitrogens with zero attached hydrogens (tertiary/aromatic N) is 3. The van der Waals surface area contributed by atoms with Gasteiger partial charge in [0.05, 0.1) is 18.4 Å². The molecule has 1 atom stereocenters. The Morgan fingerprint density at radius 2 is 1.93 bits per heavy atom. The van der Waals surface area contributed by atoms with E-state index < -0.39 is 5.72 Å². The molecule has 0 saturated carbocycles. The third kappa shape index (κ3) is 3.05. The first-order valence-corrected chi connectivity index (χ1v) is 10.5. The van der Waals surface area contributed by atoms with E-state index in [2.05, 4.69) is 11.1 Å². The average Bonchev–Trinajstić information content (AvgIpc) is 3.22. The second-order valence-electron chi connectivity index (χ2n) is 7.93. The van der Waals surface area contributed by atoms with Crippen molar-refractivity contribution in [3.63, 3.8) is 0 Å². The number of hydrazone groups is 1. The molecule has 3 aliphatic heterocycles. The third-order valence-corrected chi connectivity index (χ3v) is 6.18. The molecule has 1 N–H and O–H groups in total. The summed E-state index contributed by atoms with van der Waals surface area (Å²) in [6, 6.07) is 15.4. The van der Waals surface area contributed by atoms with Gasteiger partial charge in [-0.15, -0.1) is 0 Å². The number of rotatable bonds is 2. The Kier molecular flexibility index (Phi) is 4.53. The summed E-state index contributed by atoms with van der Waals surface area (Å²) in [5, 5.41) is 16.7. The van der Waals surface area contributed by atoms with E-state index in [1.807, 2.05) is 37.3 Å². The van der Waals surface area contributed by atoms with Crippen molar-refractivity contribution >= 4 is 11.8 Å². The third-order valence-electron chi connectivity index (χ3n) is 6.18. The van der Waals surface area contributed by atoms with Crippen molar-refractivity contribution in [2.75, 3.05) is 19.7 Å². The van der Waals surface area contributed by atoms with Gasteiger partial charge in [-0.3, -0.25) is 0 Å². The fourth-order valence-electron chi connectivity index (χ4n) is 4.64. The van der Waals surface area contributed by atoms with E-state index in [9.17, 15) is 9.90 Å². The minimum atomic E-state index is -0.583. The Bertz CT molecular complexity index is 980. The molecule has 3 aliphatic rings. The number of benzene rings is 2. The van der Waals surface area contributed by atoms with Crippen molar-refractivity contribution in [2.24, 2.45) is 5.10 Å². The maximum Gasteiger partial charge on any atom is 0.409 e. The number of carbonyl (C=O) groups excluding carboxylic acids is 1. The molecule has 7 nitrogen and oxygen atoms in total. The Labute approximate surface area is 175 Å². The fourth-order valence-corrected chi connectivity index (χ4v) is 4.64. The van der Waals surface area contributed by atoms with Crippen LogP contribution in [0.25, 0.3) is 0 Å². The lowest BCUT2D eigenvalue weighted by molar-refractivity contribution is -0.147. The van der Waals surface area contributed by atoms with Gasteiger partial charge < -0.3 is 19.5 Å². The van der Waals surface area contributed by atoms with E-state index in [0.29, 0.717) is 32.5 Å². The second-order valence-corrected chi connectivity index (χ2v) is 7.93. The summed E-state index contributed by atoms with van der Waals surface area (Å²) in [6.07, 6.45) is 1.82. The van der Waals surface area contributed by atoms with Crippen LogP contribution >= 0.6 is 0 Å². The van der Waals surface area contributed by atoms with Crippen LogP contribution in [0, 0.1) is 0 Å². The van der Waals surface area contributed by atoms with Crippen LogP contribution in [0.1, 0.15) is 43.4 Å². The van der Waals surface area contributed by atoms with Gasteiger partial charge in [0.1, 0.15) is 11.5 Å². The van der Waals surface area contributed by atoms with Crippen LogP contribution in [0.15, 0.2) is 53.6 Å². The monoisotopic (exact) mass is 407 g/mol. The van der Waals surface area contributed by atoms with Gasteiger partial charge >= 0.3 is 6.09 Å². The number of phenols is 1. The summed E-state index contributed by atoms with van der Waals surface area (Å²) in [4.78, 5) is 13.9. The van der Waals surface area contributed by atoms with Gasteiger partial charge in [-0.1, -0.05) is 18.2 Å². The van der Waals surface area contributed by atoms with E-state index in [1.54, 1.807) is 17.0 Å². The minimum absolute atomic E-state index is 0.0906. The summed E-state index contributed by atoms with van der Waals surface area (Å²) >= 11 is 0. The molecule has 1 unspecified atom stereocenters. The molecule has 0 bridgehead atoms. The maximum absolute atomic E-state index is 12.2. The van der Waals surface area contributed by atoms with Crippen LogP contribution in [0.3, 0.4) is 0 Å². The standard InChI is InChI=1S/C23H25N3O4/c1-2-29-22(28)25-13-11-23(12-14-25)26-20(18-5-3-4-6-21(18)30-23)15-19(24-26)16-7-9-17(27)10-8-16/h3-10,20,27H,2,11-15H2,1H3. The molecule has 5 rings (SSSR count). The highest BCUT2D eigenvalue weighted by atomic mass is 16.6. The Morgan fingerprint density at radius 3 is 2.67 bits per heavy atom. The van der Waals surface area contributed by atoms with E-state index in [4.69, 9.17) is 14.6 Å². The molecule has 1 saturated heterocycles. The van der Waals surface area contributed by atoms with Crippen molar-refractivity contribution in [3.8, 4) is 11.5 Å². The number of likely N-dealkylation sites (tertiary alicyclic amines) is 1. The van der Waals surface area contributed by atoms with Gasteiger partial charge in [0.15, 0.2) is 0 Å². The van der Waals surface area contributed by atoms with Gasteiger partial charge in [-0.05, 0) is 42.8 Å². The SMILES string of the molecule is CCOC(=O)N1CCC2(CC1)Oc1ccccc1C1CC(c3ccc(O)cc3)=NN12. The molecule has 3 heterocycles. The summed E-state index contributed by atoms with van der Waals surface area (Å²) in [5.74, 6) is 1.14. The highest BCUT2D eigenvalue weighted by molar-refractivity contribution is 6.02. The summed E-state index contributed by atoms with van der Waals surface area (Å²) < 4.78 is 11.7. The van der Waals surface area contributed by atoms with Crippen molar-refractivity contribution in [1.82, 2.24) is 9.91 Å². The number of carbonyl (C=O) groups is 1. The number of amides is 1. The van der Waals surface area contributed by atoms with Crippen LogP contribution in [0.5, 0.6) is 11.5 Å². The van der Waals surface area contributed by atoms with Crippen LogP contribution in [-0.4, -0.2) is 52.2 Å². The van der Waals surface area contributed by atoms with Crippen LogP contribution in [0.2, 0.25) is 0 Å². The van der Waals surface area contributed by atoms with E-state index >= 15 is 0 Å². The largest absolute Gasteiger partial charge is 0.508 e. The van der Waals surface area contributed by atoms with E-state index in [1.165, 1.54) is 0 Å². The molecule has 0 aliphatic carbocycles. The number of phenolic OH excluding ortho intramolecular Hbond substituents is 1. The zero-order valence-corrected chi connectivity index (χ0v) is 17.0. The van der Waals surface area contributed by atoms with Gasteiger partial charge in [0, 0.05) is 37.9 Å². The van der Waals surface area contributed by atoms with Crippen LogP contribution < -0.4 is 4.74 Å². The van der Waals surface area contributed by atoms with Crippen LogP contribution in [0.4, 0.5) is 4.79 Å². The first-order valence-electron chi connectivity index (χ1n) is 10.5. The molecule has 156 valence electrons. The van der Waals surface area contributed by atoms with Crippen molar-refractivity contribution in [2.45, 2.75) is 38.0 Å². The van der Waals surface area contributed by atoms with Crippen molar-refractivity contribution in [1.29, 1.82) is 0 Å². The zero-order valence-electron chi connectivity index (χ0n) is 17.0. The molecule has 1 spiro atoms. The lowest BCUT2D eigenvalue weighted by Crippen LogP contribution is -2.59. The number of piperidine rings is 1. The van der Waals surface area contributed by atoms with Crippen LogP contribution in [-0.2, 0) is 4.74 Å². The minimum Gasteiger partial charge on any atom is -0.508 e. The molecular formula is C23H25N3O4. The number of ether oxygens (including phenoxy) is 2. The molecule has 0 aromatic heterocycles. The molecule has 30 heavy (non-hydrogen) atoms. The first kappa shape index (κ1) is 18.8. The smallest absolute Gasteiger partial charge is 0.409 e. The molecule has 2 aromatic rings. The Balaban J connectivity index is 1.47. The van der Waals surface area contributed by atoms with E-state index in [-0.39, 0.29) is 17.9 Å². The normalized spacial score (nSPS) is 21.5. The van der Waals surface area contributed by atoms with E-state index in [0.717, 1.165) is 29.0 Å². The number of hydrogen-bond acceptors (Lipinski definition) is 6. The van der Waals surface area contributed by atoms with Gasteiger partial charge in [0.2, 0.25) is 5.72 Å². The molecule has 1 amide bonds. The van der Waals surface area contributed by atoms with Gasteiger partial charge in [-0.25, -0.2) is 9.80 Å². The van der Waals surface area contributed by atoms with Crippen molar-refractivity contribution < 1.29 is 19.4 Å². The predicted molar refractivity (Wildman–Crippen MR) is 111 cm³/mol. The highest BCUT2D eigenvalue weighted by Crippen LogP contribution is 2.49. The molecule has 0 radical (unpaired) electrons. The maximum atomic E-state index is 12.2. The second kappa shape index (κ2) is 7.23. The number of aromatic hydroxyl groups is 1. The summed E-state index contributed by atoms with van der Waals surface area (Å²) in [5.41, 5.74) is 2.53. The Hall–Kier alpha value is -3.22. The lowest BCUT2D eigenvalue weighted by Gasteiger charge is -2.50. The molecular weight excluding hydrogens is 382 g/mol. The highest BCUT2D eigenvalue weighted by Gasteiger charge is 2.52. The number of hydrogen-bond donors (Lipinski definition) is 1. The zero-order chi connectivity index (χ0) is 20.7. The topological polar surface area (TPSA) is 74.6 Å². The quantitative estimate of drug-likeness (QED) is 0.818. The number of para-hydroxylation sites is 1. The summed E-state index contributed by atoms with van der Waals surface area (Å²) in [6.45, 7) is 3.32.